The highest BCUT2D eigenvalue weighted by atomic mass is 32.2. The molecule has 0 aliphatic carbocycles. The lowest BCUT2D eigenvalue weighted by molar-refractivity contribution is -0.385. The molecule has 1 heterocycles. The van der Waals surface area contributed by atoms with Crippen molar-refractivity contribution in [2.24, 2.45) is 0 Å². The van der Waals surface area contributed by atoms with E-state index < -0.39 is 15.0 Å². The van der Waals surface area contributed by atoms with Crippen molar-refractivity contribution in [1.82, 2.24) is 9.80 Å². The Morgan fingerprint density at radius 3 is 2.24 bits per heavy atom. The highest BCUT2D eigenvalue weighted by Gasteiger charge is 2.23. The van der Waals surface area contributed by atoms with Crippen LogP contribution in [0.4, 0.5) is 5.69 Å². The van der Waals surface area contributed by atoms with E-state index in [1.165, 1.54) is 48.0 Å². The van der Waals surface area contributed by atoms with Gasteiger partial charge in [-0.05, 0) is 35.9 Å². The van der Waals surface area contributed by atoms with E-state index in [0.29, 0.717) is 18.7 Å². The van der Waals surface area contributed by atoms with Crippen molar-refractivity contribution in [2.45, 2.75) is 11.4 Å². The van der Waals surface area contributed by atoms with E-state index in [1.54, 1.807) is 4.90 Å². The summed E-state index contributed by atoms with van der Waals surface area (Å²) in [5.41, 5.74) is 1.31. The van der Waals surface area contributed by atoms with Crippen LogP contribution in [0.1, 0.15) is 15.9 Å². The predicted octanol–water partition coefficient (Wildman–Crippen LogP) is 3.32. The number of amides is 1. The van der Waals surface area contributed by atoms with Gasteiger partial charge in [0.05, 0.1) is 4.92 Å². The SMILES string of the molecule is O=C(c1ccc(OS(=O)(=O)c2cccc([N+](=O)[O-])c2)cc1)N1CCN(Cc2ccccc2)CC1. The number of rotatable bonds is 7. The van der Waals surface area contributed by atoms with E-state index in [2.05, 4.69) is 17.0 Å². The fourth-order valence-corrected chi connectivity index (χ4v) is 4.68. The number of hydrogen-bond acceptors (Lipinski definition) is 7. The number of hydrogen-bond donors (Lipinski definition) is 0. The number of carbonyl (C=O) groups excluding carboxylic acids is 1. The van der Waals surface area contributed by atoms with E-state index in [1.807, 2.05) is 18.2 Å². The summed E-state index contributed by atoms with van der Waals surface area (Å²) in [4.78, 5) is 26.8. The summed E-state index contributed by atoms with van der Waals surface area (Å²) in [7, 11) is -4.26. The Hall–Kier alpha value is -3.76. The molecule has 3 aromatic carbocycles. The van der Waals surface area contributed by atoms with Gasteiger partial charge in [0.1, 0.15) is 10.6 Å². The Morgan fingerprint density at radius 1 is 0.912 bits per heavy atom. The summed E-state index contributed by atoms with van der Waals surface area (Å²) < 4.78 is 30.1. The molecular formula is C24H23N3O6S. The average Bonchev–Trinajstić information content (AvgIpc) is 2.85. The third-order valence-electron chi connectivity index (χ3n) is 5.53. The van der Waals surface area contributed by atoms with Crippen LogP contribution in [0.25, 0.3) is 0 Å². The molecule has 1 saturated heterocycles. The molecule has 1 aliphatic heterocycles. The maximum absolute atomic E-state index is 12.9. The van der Waals surface area contributed by atoms with Crippen LogP contribution in [0.3, 0.4) is 0 Å². The molecule has 1 aliphatic rings. The molecule has 0 aromatic heterocycles. The molecule has 0 bridgehead atoms. The number of nitro benzene ring substituents is 1. The van der Waals surface area contributed by atoms with Crippen LogP contribution in [0.2, 0.25) is 0 Å². The van der Waals surface area contributed by atoms with Gasteiger partial charge in [-0.2, -0.15) is 8.42 Å². The lowest BCUT2D eigenvalue weighted by Gasteiger charge is -2.34. The minimum atomic E-state index is -4.26. The lowest BCUT2D eigenvalue weighted by Crippen LogP contribution is -2.48. The van der Waals surface area contributed by atoms with Crippen LogP contribution >= 0.6 is 0 Å². The molecule has 3 aromatic rings. The van der Waals surface area contributed by atoms with Crippen LogP contribution in [0.15, 0.2) is 83.8 Å². The molecule has 0 N–H and O–H groups in total. The molecule has 1 fully saturated rings. The van der Waals surface area contributed by atoms with Gasteiger partial charge in [0, 0.05) is 50.4 Å². The van der Waals surface area contributed by atoms with Crippen LogP contribution in [0, 0.1) is 10.1 Å². The third kappa shape index (κ3) is 5.59. The van der Waals surface area contributed by atoms with Crippen molar-refractivity contribution in [1.29, 1.82) is 0 Å². The van der Waals surface area contributed by atoms with Gasteiger partial charge in [-0.3, -0.25) is 19.8 Å². The molecule has 0 atom stereocenters. The smallest absolute Gasteiger partial charge is 0.339 e. The van der Waals surface area contributed by atoms with E-state index in [0.717, 1.165) is 25.7 Å². The molecule has 0 unspecified atom stereocenters. The fourth-order valence-electron chi connectivity index (χ4n) is 3.71. The Morgan fingerprint density at radius 2 is 1.59 bits per heavy atom. The second-order valence-electron chi connectivity index (χ2n) is 7.87. The molecule has 0 radical (unpaired) electrons. The zero-order valence-corrected chi connectivity index (χ0v) is 19.1. The van der Waals surface area contributed by atoms with Crippen LogP contribution in [-0.2, 0) is 16.7 Å². The highest BCUT2D eigenvalue weighted by molar-refractivity contribution is 7.87. The lowest BCUT2D eigenvalue weighted by atomic mass is 10.1. The van der Waals surface area contributed by atoms with Crippen LogP contribution in [0.5, 0.6) is 5.75 Å². The molecule has 4 rings (SSSR count). The molecule has 0 spiro atoms. The number of benzene rings is 3. The normalized spacial score (nSPS) is 14.5. The van der Waals surface area contributed by atoms with E-state index in [4.69, 9.17) is 4.18 Å². The predicted molar refractivity (Wildman–Crippen MR) is 125 cm³/mol. The van der Waals surface area contributed by atoms with Gasteiger partial charge < -0.3 is 9.08 Å². The van der Waals surface area contributed by atoms with Crippen molar-refractivity contribution >= 4 is 21.7 Å². The maximum Gasteiger partial charge on any atom is 0.339 e. The number of non-ortho nitro benzene ring substituents is 1. The Bertz CT molecular complexity index is 1270. The quantitative estimate of drug-likeness (QED) is 0.289. The zero-order valence-electron chi connectivity index (χ0n) is 18.2. The Kier molecular flexibility index (Phi) is 6.90. The number of nitro groups is 1. The monoisotopic (exact) mass is 481 g/mol. The number of piperazine rings is 1. The summed E-state index contributed by atoms with van der Waals surface area (Å²) >= 11 is 0. The average molecular weight is 482 g/mol. The molecule has 1 amide bonds. The largest absolute Gasteiger partial charge is 0.379 e. The molecule has 10 heteroatoms. The maximum atomic E-state index is 12.9. The van der Waals surface area contributed by atoms with E-state index >= 15 is 0 Å². The van der Waals surface area contributed by atoms with Gasteiger partial charge in [0.25, 0.3) is 11.6 Å². The van der Waals surface area contributed by atoms with Gasteiger partial charge in [0.15, 0.2) is 0 Å². The van der Waals surface area contributed by atoms with Gasteiger partial charge >= 0.3 is 10.1 Å². The summed E-state index contributed by atoms with van der Waals surface area (Å²) in [6.45, 7) is 3.58. The summed E-state index contributed by atoms with van der Waals surface area (Å²) in [5, 5.41) is 10.9. The van der Waals surface area contributed by atoms with E-state index in [-0.39, 0.29) is 22.2 Å². The fraction of sp³-hybridized carbons (Fsp3) is 0.208. The number of carbonyl (C=O) groups is 1. The topological polar surface area (TPSA) is 110 Å². The first-order valence-corrected chi connectivity index (χ1v) is 12.1. The Balaban J connectivity index is 1.35. The zero-order chi connectivity index (χ0) is 24.1. The van der Waals surface area contributed by atoms with E-state index in [9.17, 15) is 23.3 Å². The third-order valence-corrected chi connectivity index (χ3v) is 6.78. The summed E-state index contributed by atoms with van der Waals surface area (Å²) in [6.07, 6.45) is 0. The van der Waals surface area contributed by atoms with Crippen molar-refractivity contribution < 1.29 is 22.3 Å². The molecule has 176 valence electrons. The highest BCUT2D eigenvalue weighted by Crippen LogP contribution is 2.23. The molecule has 0 saturated carbocycles. The summed E-state index contributed by atoms with van der Waals surface area (Å²) in [6, 6.07) is 20.6. The molecule has 9 nitrogen and oxygen atoms in total. The van der Waals surface area contributed by atoms with Gasteiger partial charge in [-0.1, -0.05) is 36.4 Å². The molecule has 34 heavy (non-hydrogen) atoms. The summed E-state index contributed by atoms with van der Waals surface area (Å²) in [5.74, 6) is -0.122. The minimum absolute atomic E-state index is 0.00994. The first-order chi connectivity index (χ1) is 16.3. The van der Waals surface area contributed by atoms with Crippen molar-refractivity contribution in [3.8, 4) is 5.75 Å². The van der Waals surface area contributed by atoms with Gasteiger partial charge in [-0.15, -0.1) is 0 Å². The second kappa shape index (κ2) is 10.0. The van der Waals surface area contributed by atoms with Crippen molar-refractivity contribution in [3.63, 3.8) is 0 Å². The Labute approximate surface area is 197 Å². The second-order valence-corrected chi connectivity index (χ2v) is 9.42. The van der Waals surface area contributed by atoms with Crippen LogP contribution in [-0.4, -0.2) is 55.2 Å². The first kappa shape index (κ1) is 23.4. The first-order valence-electron chi connectivity index (χ1n) is 10.7. The standard InChI is InChI=1S/C24H23N3O6S/c28-24(26-15-13-25(14-16-26)18-19-5-2-1-3-6-19)20-9-11-22(12-10-20)33-34(31,32)23-8-4-7-21(17-23)27(29)30/h1-12,17H,13-16,18H2. The molecular weight excluding hydrogens is 458 g/mol. The van der Waals surface area contributed by atoms with Gasteiger partial charge in [0.2, 0.25) is 0 Å². The van der Waals surface area contributed by atoms with Crippen LogP contribution < -0.4 is 4.18 Å². The van der Waals surface area contributed by atoms with Crippen molar-refractivity contribution in [2.75, 3.05) is 26.2 Å². The van der Waals surface area contributed by atoms with Gasteiger partial charge in [-0.25, -0.2) is 0 Å². The van der Waals surface area contributed by atoms with Crippen molar-refractivity contribution in [3.05, 3.63) is 100 Å². The number of nitrogens with zero attached hydrogens (tertiary/aromatic N) is 3. The minimum Gasteiger partial charge on any atom is -0.379 e.